The number of nitrogens with one attached hydrogen (secondary N) is 1. The Kier molecular flexibility index (Phi) is 5.13. The number of anilines is 1. The lowest BCUT2D eigenvalue weighted by Crippen LogP contribution is -2.37. The van der Waals surface area contributed by atoms with E-state index in [1.54, 1.807) is 0 Å². The number of rotatable bonds is 4. The second kappa shape index (κ2) is 6.67. The van der Waals surface area contributed by atoms with Crippen LogP contribution in [0.1, 0.15) is 23.2 Å². The summed E-state index contributed by atoms with van der Waals surface area (Å²) < 4.78 is 32.3. The Morgan fingerprint density at radius 1 is 1.38 bits per heavy atom. The van der Waals surface area contributed by atoms with E-state index in [4.69, 9.17) is 5.73 Å². The van der Waals surface area contributed by atoms with Crippen molar-refractivity contribution in [3.63, 3.8) is 0 Å². The standard InChI is InChI=1S/C13H18N2O4S2/c1-19-13(16)11-8-9(14)2-3-12(11)21(17,18)15-10-4-6-20-7-5-10/h2-3,8,10,15H,4-7,14H2,1H3. The number of ether oxygens (including phenoxy) is 1. The van der Waals surface area contributed by atoms with Crippen LogP contribution in [0, 0.1) is 0 Å². The molecular weight excluding hydrogens is 312 g/mol. The fourth-order valence-electron chi connectivity index (χ4n) is 2.15. The van der Waals surface area contributed by atoms with Crippen LogP contribution in [0.5, 0.6) is 0 Å². The minimum atomic E-state index is -3.78. The van der Waals surface area contributed by atoms with E-state index in [2.05, 4.69) is 9.46 Å². The van der Waals surface area contributed by atoms with Crippen LogP contribution in [0.15, 0.2) is 23.1 Å². The number of hydrogen-bond acceptors (Lipinski definition) is 6. The van der Waals surface area contributed by atoms with Gasteiger partial charge in [-0.05, 0) is 42.5 Å². The molecule has 1 saturated heterocycles. The smallest absolute Gasteiger partial charge is 0.339 e. The fourth-order valence-corrected chi connectivity index (χ4v) is 4.74. The highest BCUT2D eigenvalue weighted by Gasteiger charge is 2.26. The molecular formula is C13H18N2O4S2. The van der Waals surface area contributed by atoms with E-state index < -0.39 is 16.0 Å². The number of nitrogen functional groups attached to an aromatic ring is 1. The molecule has 8 heteroatoms. The third kappa shape index (κ3) is 3.90. The summed E-state index contributed by atoms with van der Waals surface area (Å²) in [6.45, 7) is 0. The summed E-state index contributed by atoms with van der Waals surface area (Å²) in [6.07, 6.45) is 1.57. The first-order valence-electron chi connectivity index (χ1n) is 6.52. The van der Waals surface area contributed by atoms with Crippen molar-refractivity contribution < 1.29 is 17.9 Å². The molecule has 1 aliphatic rings. The number of hydrogen-bond donors (Lipinski definition) is 2. The monoisotopic (exact) mass is 330 g/mol. The van der Waals surface area contributed by atoms with Crippen LogP contribution in [0.3, 0.4) is 0 Å². The number of esters is 1. The van der Waals surface area contributed by atoms with Crippen molar-refractivity contribution >= 4 is 33.4 Å². The van der Waals surface area contributed by atoms with Crippen LogP contribution in [-0.4, -0.2) is 39.0 Å². The van der Waals surface area contributed by atoms with Crippen molar-refractivity contribution in [3.8, 4) is 0 Å². The van der Waals surface area contributed by atoms with E-state index in [1.807, 2.05) is 11.8 Å². The summed E-state index contributed by atoms with van der Waals surface area (Å²) in [5.74, 6) is 1.14. The fraction of sp³-hybridized carbons (Fsp3) is 0.462. The molecule has 1 aliphatic heterocycles. The Morgan fingerprint density at radius 3 is 2.67 bits per heavy atom. The maximum absolute atomic E-state index is 12.5. The van der Waals surface area contributed by atoms with E-state index in [9.17, 15) is 13.2 Å². The first-order valence-corrected chi connectivity index (χ1v) is 9.16. The van der Waals surface area contributed by atoms with Gasteiger partial charge >= 0.3 is 5.97 Å². The maximum Gasteiger partial charge on any atom is 0.339 e. The van der Waals surface area contributed by atoms with Crippen LogP contribution >= 0.6 is 11.8 Å². The van der Waals surface area contributed by atoms with Gasteiger partial charge in [-0.15, -0.1) is 0 Å². The molecule has 0 atom stereocenters. The minimum absolute atomic E-state index is 0.0461. The van der Waals surface area contributed by atoms with Gasteiger partial charge in [0, 0.05) is 11.7 Å². The van der Waals surface area contributed by atoms with Gasteiger partial charge in [-0.3, -0.25) is 0 Å². The van der Waals surface area contributed by atoms with Crippen molar-refractivity contribution in [1.29, 1.82) is 0 Å². The molecule has 3 N–H and O–H groups in total. The number of benzene rings is 1. The summed E-state index contributed by atoms with van der Waals surface area (Å²) in [6, 6.07) is 4.01. The summed E-state index contributed by atoms with van der Waals surface area (Å²) in [4.78, 5) is 11.7. The molecule has 0 spiro atoms. The van der Waals surface area contributed by atoms with Crippen LogP contribution in [0.25, 0.3) is 0 Å². The molecule has 116 valence electrons. The first kappa shape index (κ1) is 16.1. The molecule has 2 rings (SSSR count). The Labute approximate surface area is 128 Å². The quantitative estimate of drug-likeness (QED) is 0.636. The summed E-state index contributed by atoms with van der Waals surface area (Å²) in [5.41, 5.74) is 5.88. The maximum atomic E-state index is 12.5. The van der Waals surface area contributed by atoms with E-state index >= 15 is 0 Å². The van der Waals surface area contributed by atoms with Crippen molar-refractivity contribution in [3.05, 3.63) is 23.8 Å². The molecule has 1 aromatic carbocycles. The molecule has 21 heavy (non-hydrogen) atoms. The Balaban J connectivity index is 2.32. The molecule has 0 saturated carbocycles. The average Bonchev–Trinajstić information content (AvgIpc) is 2.46. The Bertz CT molecular complexity index is 625. The van der Waals surface area contributed by atoms with E-state index in [0.717, 1.165) is 24.3 Å². The summed E-state index contributed by atoms with van der Waals surface area (Å²) >= 11 is 1.81. The lowest BCUT2D eigenvalue weighted by molar-refractivity contribution is 0.0596. The molecule has 1 heterocycles. The van der Waals surface area contributed by atoms with Gasteiger partial charge in [0.2, 0.25) is 10.0 Å². The van der Waals surface area contributed by atoms with Gasteiger partial charge in [-0.1, -0.05) is 0 Å². The second-order valence-electron chi connectivity index (χ2n) is 4.76. The van der Waals surface area contributed by atoms with E-state index in [1.165, 1.54) is 25.3 Å². The zero-order chi connectivity index (χ0) is 15.5. The Hall–Kier alpha value is -1.25. The molecule has 1 aromatic rings. The molecule has 0 amide bonds. The lowest BCUT2D eigenvalue weighted by Gasteiger charge is -2.22. The van der Waals surface area contributed by atoms with Gasteiger partial charge in [-0.2, -0.15) is 11.8 Å². The van der Waals surface area contributed by atoms with E-state index in [-0.39, 0.29) is 16.5 Å². The highest BCUT2D eigenvalue weighted by Crippen LogP contribution is 2.23. The third-order valence-electron chi connectivity index (χ3n) is 3.24. The molecule has 0 unspecified atom stereocenters. The van der Waals surface area contributed by atoms with Crippen molar-refractivity contribution in [2.45, 2.75) is 23.8 Å². The predicted molar refractivity (Wildman–Crippen MR) is 82.9 cm³/mol. The third-order valence-corrected chi connectivity index (χ3v) is 5.87. The van der Waals surface area contributed by atoms with Gasteiger partial charge in [-0.25, -0.2) is 17.9 Å². The zero-order valence-electron chi connectivity index (χ0n) is 11.7. The second-order valence-corrected chi connectivity index (χ2v) is 7.66. The highest BCUT2D eigenvalue weighted by molar-refractivity contribution is 7.99. The number of carbonyl (C=O) groups is 1. The molecule has 0 aromatic heterocycles. The van der Waals surface area contributed by atoms with E-state index in [0.29, 0.717) is 5.69 Å². The molecule has 1 fully saturated rings. The normalized spacial score (nSPS) is 16.6. The number of sulfonamides is 1. The molecule has 0 radical (unpaired) electrons. The lowest BCUT2D eigenvalue weighted by atomic mass is 10.2. The molecule has 6 nitrogen and oxygen atoms in total. The predicted octanol–water partition coefficient (Wildman–Crippen LogP) is 1.23. The zero-order valence-corrected chi connectivity index (χ0v) is 13.3. The van der Waals surface area contributed by atoms with Crippen molar-refractivity contribution in [2.24, 2.45) is 0 Å². The van der Waals surface area contributed by atoms with Crippen LogP contribution in [0.2, 0.25) is 0 Å². The number of nitrogens with two attached hydrogens (primary N) is 1. The SMILES string of the molecule is COC(=O)c1cc(N)ccc1S(=O)(=O)NC1CCSCC1. The van der Waals surface area contributed by atoms with Gasteiger partial charge in [0.25, 0.3) is 0 Å². The summed E-state index contributed by atoms with van der Waals surface area (Å²) in [5, 5.41) is 0. The minimum Gasteiger partial charge on any atom is -0.465 e. The summed E-state index contributed by atoms with van der Waals surface area (Å²) in [7, 11) is -2.58. The first-order chi connectivity index (χ1) is 9.94. The van der Waals surface area contributed by atoms with Crippen LogP contribution in [-0.2, 0) is 14.8 Å². The van der Waals surface area contributed by atoms with Crippen LogP contribution < -0.4 is 10.5 Å². The van der Waals surface area contributed by atoms with Gasteiger partial charge in [0.1, 0.15) is 0 Å². The number of methoxy groups -OCH3 is 1. The van der Waals surface area contributed by atoms with Gasteiger partial charge in [0.05, 0.1) is 17.6 Å². The average molecular weight is 330 g/mol. The largest absolute Gasteiger partial charge is 0.465 e. The van der Waals surface area contributed by atoms with Gasteiger partial charge in [0.15, 0.2) is 0 Å². The Morgan fingerprint density at radius 2 is 2.05 bits per heavy atom. The van der Waals surface area contributed by atoms with Crippen molar-refractivity contribution in [1.82, 2.24) is 4.72 Å². The number of carbonyl (C=O) groups excluding carboxylic acids is 1. The molecule has 0 bridgehead atoms. The van der Waals surface area contributed by atoms with Crippen molar-refractivity contribution in [2.75, 3.05) is 24.3 Å². The van der Waals surface area contributed by atoms with Crippen LogP contribution in [0.4, 0.5) is 5.69 Å². The highest BCUT2D eigenvalue weighted by atomic mass is 32.2. The van der Waals surface area contributed by atoms with Gasteiger partial charge < -0.3 is 10.5 Å². The molecule has 0 aliphatic carbocycles. The number of thioether (sulfide) groups is 1. The topological polar surface area (TPSA) is 98.5 Å².